The van der Waals surface area contributed by atoms with Crippen LogP contribution in [0, 0.1) is 12.3 Å². The van der Waals surface area contributed by atoms with Crippen LogP contribution in [0.5, 0.6) is 0 Å². The van der Waals surface area contributed by atoms with Crippen molar-refractivity contribution in [1.29, 1.82) is 0 Å². The summed E-state index contributed by atoms with van der Waals surface area (Å²) in [7, 11) is 0. The number of hydrogen-bond donors (Lipinski definition) is 1. The zero-order valence-corrected chi connectivity index (χ0v) is 12.1. The molecule has 0 saturated heterocycles. The summed E-state index contributed by atoms with van der Waals surface area (Å²) >= 11 is 0. The zero-order valence-electron chi connectivity index (χ0n) is 12.1. The first kappa shape index (κ1) is 13.6. The second-order valence-corrected chi connectivity index (χ2v) is 6.07. The molecule has 18 heavy (non-hydrogen) atoms. The van der Waals surface area contributed by atoms with Crippen LogP contribution < -0.4 is 5.32 Å². The first-order chi connectivity index (χ1) is 8.63. The van der Waals surface area contributed by atoms with Gasteiger partial charge in [-0.1, -0.05) is 26.2 Å². The van der Waals surface area contributed by atoms with Crippen molar-refractivity contribution in [1.82, 2.24) is 15.1 Å². The van der Waals surface area contributed by atoms with Crippen LogP contribution in [0.2, 0.25) is 0 Å². The number of nitrogens with zero attached hydrogens (tertiary/aromatic N) is 2. The lowest BCUT2D eigenvalue weighted by molar-refractivity contribution is 0.207. The Labute approximate surface area is 111 Å². The second-order valence-electron chi connectivity index (χ2n) is 6.07. The van der Waals surface area contributed by atoms with E-state index in [1.54, 1.807) is 0 Å². The molecule has 1 aromatic rings. The Bertz CT molecular complexity index is 375. The Morgan fingerprint density at radius 2 is 2.06 bits per heavy atom. The van der Waals surface area contributed by atoms with Gasteiger partial charge in [-0.25, -0.2) is 0 Å². The van der Waals surface area contributed by atoms with Crippen LogP contribution in [0.25, 0.3) is 0 Å². The van der Waals surface area contributed by atoms with Gasteiger partial charge < -0.3 is 5.32 Å². The maximum Gasteiger partial charge on any atom is 0.0597 e. The summed E-state index contributed by atoms with van der Waals surface area (Å²) in [5.41, 5.74) is 2.96. The van der Waals surface area contributed by atoms with Crippen molar-refractivity contribution >= 4 is 0 Å². The summed E-state index contributed by atoms with van der Waals surface area (Å²) in [4.78, 5) is 0. The van der Waals surface area contributed by atoms with Crippen LogP contribution in [0.3, 0.4) is 0 Å². The number of aromatic nitrogens is 2. The molecule has 2 rings (SSSR count). The molecule has 1 heterocycles. The minimum atomic E-state index is 0.518. The first-order valence-corrected chi connectivity index (χ1v) is 7.37. The molecular weight excluding hydrogens is 222 g/mol. The third-order valence-electron chi connectivity index (χ3n) is 4.20. The maximum atomic E-state index is 4.49. The molecule has 3 nitrogen and oxygen atoms in total. The van der Waals surface area contributed by atoms with Crippen molar-refractivity contribution in [3.63, 3.8) is 0 Å². The monoisotopic (exact) mass is 249 g/mol. The van der Waals surface area contributed by atoms with E-state index in [1.165, 1.54) is 37.8 Å². The van der Waals surface area contributed by atoms with E-state index < -0.39 is 0 Å². The molecule has 0 radical (unpaired) electrons. The highest BCUT2D eigenvalue weighted by molar-refractivity contribution is 5.08. The quantitative estimate of drug-likeness (QED) is 0.868. The molecule has 0 amide bonds. The van der Waals surface area contributed by atoms with Crippen molar-refractivity contribution in [2.45, 2.75) is 66.0 Å². The van der Waals surface area contributed by atoms with Gasteiger partial charge in [0.15, 0.2) is 0 Å². The molecule has 0 aromatic carbocycles. The Balaban J connectivity index is 1.84. The standard InChI is InChI=1S/C15H27N3/c1-4-18-14(10-13(2)17-18)11-16-12-15(3)8-6-5-7-9-15/h10,16H,4-9,11-12H2,1-3H3. The molecule has 1 fully saturated rings. The summed E-state index contributed by atoms with van der Waals surface area (Å²) < 4.78 is 2.10. The fraction of sp³-hybridized carbons (Fsp3) is 0.800. The fourth-order valence-electron chi connectivity index (χ4n) is 3.09. The number of rotatable bonds is 5. The lowest BCUT2D eigenvalue weighted by Crippen LogP contribution is -2.33. The SMILES string of the molecule is CCn1nc(C)cc1CNCC1(C)CCCCC1. The summed E-state index contributed by atoms with van der Waals surface area (Å²) in [5.74, 6) is 0. The van der Waals surface area contributed by atoms with E-state index in [4.69, 9.17) is 0 Å². The van der Waals surface area contributed by atoms with Gasteiger partial charge in [0.1, 0.15) is 0 Å². The molecule has 0 unspecified atom stereocenters. The lowest BCUT2D eigenvalue weighted by Gasteiger charge is -2.33. The van der Waals surface area contributed by atoms with Crippen LogP contribution in [-0.4, -0.2) is 16.3 Å². The van der Waals surface area contributed by atoms with Crippen LogP contribution >= 0.6 is 0 Å². The average molecular weight is 249 g/mol. The van der Waals surface area contributed by atoms with E-state index in [0.717, 1.165) is 25.3 Å². The van der Waals surface area contributed by atoms with Gasteiger partial charge in [-0.05, 0) is 38.2 Å². The summed E-state index contributed by atoms with van der Waals surface area (Å²) in [6, 6.07) is 2.19. The van der Waals surface area contributed by atoms with Gasteiger partial charge in [0.2, 0.25) is 0 Å². The largest absolute Gasteiger partial charge is 0.311 e. The molecule has 1 aliphatic carbocycles. The third-order valence-corrected chi connectivity index (χ3v) is 4.20. The van der Waals surface area contributed by atoms with Crippen molar-refractivity contribution in [3.8, 4) is 0 Å². The molecule has 1 aromatic heterocycles. The van der Waals surface area contributed by atoms with Gasteiger partial charge in [-0.2, -0.15) is 5.10 Å². The van der Waals surface area contributed by atoms with E-state index in [0.29, 0.717) is 5.41 Å². The second kappa shape index (κ2) is 5.87. The minimum Gasteiger partial charge on any atom is -0.311 e. The first-order valence-electron chi connectivity index (χ1n) is 7.37. The third kappa shape index (κ3) is 3.35. The van der Waals surface area contributed by atoms with Crippen molar-refractivity contribution in [3.05, 3.63) is 17.5 Å². The molecule has 0 atom stereocenters. The number of hydrogen-bond acceptors (Lipinski definition) is 2. The topological polar surface area (TPSA) is 29.9 Å². The molecule has 102 valence electrons. The van der Waals surface area contributed by atoms with Crippen molar-refractivity contribution in [2.75, 3.05) is 6.54 Å². The molecule has 0 bridgehead atoms. The number of aryl methyl sites for hydroxylation is 2. The van der Waals surface area contributed by atoms with Crippen molar-refractivity contribution in [2.24, 2.45) is 5.41 Å². The highest BCUT2D eigenvalue weighted by Crippen LogP contribution is 2.34. The number of nitrogens with one attached hydrogen (secondary N) is 1. The van der Waals surface area contributed by atoms with Crippen LogP contribution in [-0.2, 0) is 13.1 Å². The lowest BCUT2D eigenvalue weighted by atomic mass is 9.76. The van der Waals surface area contributed by atoms with Crippen molar-refractivity contribution < 1.29 is 0 Å². The van der Waals surface area contributed by atoms with E-state index >= 15 is 0 Å². The van der Waals surface area contributed by atoms with Gasteiger partial charge in [-0.3, -0.25) is 4.68 Å². The Morgan fingerprint density at radius 3 is 2.72 bits per heavy atom. The molecular formula is C15H27N3. The van der Waals surface area contributed by atoms with Crippen LogP contribution in [0.4, 0.5) is 0 Å². The molecule has 1 saturated carbocycles. The molecule has 1 N–H and O–H groups in total. The molecule has 1 aliphatic rings. The highest BCUT2D eigenvalue weighted by atomic mass is 15.3. The Morgan fingerprint density at radius 1 is 1.33 bits per heavy atom. The van der Waals surface area contributed by atoms with Gasteiger partial charge in [-0.15, -0.1) is 0 Å². The predicted octanol–water partition coefficient (Wildman–Crippen LogP) is 3.27. The van der Waals surface area contributed by atoms with Crippen LogP contribution in [0.15, 0.2) is 6.07 Å². The molecule has 0 aliphatic heterocycles. The predicted molar refractivity (Wildman–Crippen MR) is 75.5 cm³/mol. The Kier molecular flexibility index (Phi) is 4.44. The summed E-state index contributed by atoms with van der Waals surface area (Å²) in [6.45, 7) is 9.70. The Hall–Kier alpha value is -0.830. The van der Waals surface area contributed by atoms with Gasteiger partial charge in [0.25, 0.3) is 0 Å². The van der Waals surface area contributed by atoms with E-state index in [2.05, 4.69) is 41.9 Å². The fourth-order valence-corrected chi connectivity index (χ4v) is 3.09. The summed E-state index contributed by atoms with van der Waals surface area (Å²) in [6.07, 6.45) is 7.00. The van der Waals surface area contributed by atoms with Gasteiger partial charge in [0, 0.05) is 19.6 Å². The minimum absolute atomic E-state index is 0.518. The van der Waals surface area contributed by atoms with E-state index in [-0.39, 0.29) is 0 Å². The normalized spacial score (nSPS) is 19.1. The van der Waals surface area contributed by atoms with E-state index in [1.807, 2.05) is 0 Å². The highest BCUT2D eigenvalue weighted by Gasteiger charge is 2.26. The average Bonchev–Trinajstić information content (AvgIpc) is 2.70. The molecule has 3 heteroatoms. The maximum absolute atomic E-state index is 4.49. The van der Waals surface area contributed by atoms with E-state index in [9.17, 15) is 0 Å². The zero-order chi connectivity index (χ0) is 13.0. The summed E-state index contributed by atoms with van der Waals surface area (Å²) in [5, 5.41) is 8.13. The van der Waals surface area contributed by atoms with Crippen LogP contribution in [0.1, 0.15) is 57.3 Å². The van der Waals surface area contributed by atoms with Gasteiger partial charge >= 0.3 is 0 Å². The smallest absolute Gasteiger partial charge is 0.0597 e. The van der Waals surface area contributed by atoms with Gasteiger partial charge in [0.05, 0.1) is 11.4 Å². The molecule has 0 spiro atoms.